The molecule has 0 unspecified atom stereocenters. The molecule has 5 aliphatic rings. The topological polar surface area (TPSA) is 100 Å². The van der Waals surface area contributed by atoms with Crippen molar-refractivity contribution in [3.8, 4) is 0 Å². The van der Waals surface area contributed by atoms with E-state index < -0.39 is 29.6 Å². The van der Waals surface area contributed by atoms with Gasteiger partial charge in [-0.05, 0) is 41.9 Å². The molecule has 42 heavy (non-hydrogen) atoms. The third-order valence-corrected chi connectivity index (χ3v) is 10.6. The van der Waals surface area contributed by atoms with Gasteiger partial charge in [0.1, 0.15) is 11.6 Å². The number of likely N-dealkylation sites (tertiary alicyclic amines) is 1. The summed E-state index contributed by atoms with van der Waals surface area (Å²) in [4.78, 5) is 46.2. The zero-order valence-electron chi connectivity index (χ0n) is 25.4. The predicted molar refractivity (Wildman–Crippen MR) is 160 cm³/mol. The Morgan fingerprint density at radius 1 is 1.05 bits per heavy atom. The fourth-order valence-electron chi connectivity index (χ4n) is 7.81. The maximum Gasteiger partial charge on any atom is 0.246 e. The zero-order valence-corrected chi connectivity index (χ0v) is 25.4. The third kappa shape index (κ3) is 5.18. The minimum absolute atomic E-state index is 0.0587. The van der Waals surface area contributed by atoms with Crippen LogP contribution in [-0.4, -0.2) is 90.7 Å². The average Bonchev–Trinajstić information content (AvgIpc) is 3.62. The quantitative estimate of drug-likeness (QED) is 0.460. The summed E-state index contributed by atoms with van der Waals surface area (Å²) < 4.78 is 12.0. The highest BCUT2D eigenvalue weighted by atomic mass is 16.5. The molecule has 0 radical (unpaired) electrons. The van der Waals surface area contributed by atoms with Crippen LogP contribution in [0.5, 0.6) is 0 Å². The van der Waals surface area contributed by atoms with Crippen LogP contribution >= 0.6 is 0 Å². The molecule has 6 rings (SSSR count). The van der Waals surface area contributed by atoms with Crippen LogP contribution in [0.3, 0.4) is 0 Å². The monoisotopic (exact) mass is 578 g/mol. The Morgan fingerprint density at radius 2 is 1.79 bits per heavy atom. The van der Waals surface area contributed by atoms with E-state index in [0.29, 0.717) is 49.7 Å². The molecule has 0 aromatic heterocycles. The first-order valence-corrected chi connectivity index (χ1v) is 15.9. The number of anilines is 1. The normalized spacial score (nSPS) is 36.0. The van der Waals surface area contributed by atoms with Crippen molar-refractivity contribution in [2.45, 2.75) is 76.7 Å². The number of fused-ring (bicyclic) bond motifs is 1. The second-order valence-corrected chi connectivity index (χ2v) is 13.3. The number of rotatable bonds is 8. The van der Waals surface area contributed by atoms with Gasteiger partial charge in [0.05, 0.1) is 31.2 Å². The standard InChI is InChI=1S/C33H46N4O5/c1-20(2)23-8-10-24(11-9-23)34-30(38)27-26-12-13-33(42-26)28(27)32(40)37(15-14-36-16-18-41-19-17-36)29(33)31(39)35-25-7-5-6-21(3)22(25)4/h8-13,20-22,25-29H,5-7,14-19H2,1-4H3,(H,34,38)(H,35,39)/t21-,22-,25+,26+,27-,28+,29+,33+/m0/s1. The molecule has 1 aromatic carbocycles. The molecule has 2 N–H and O–H groups in total. The molecule has 1 spiro atoms. The Labute approximate surface area is 249 Å². The number of carbonyl (C=O) groups excluding carboxylic acids is 3. The van der Waals surface area contributed by atoms with Gasteiger partial charge in [0, 0.05) is 37.9 Å². The molecule has 9 nitrogen and oxygen atoms in total. The summed E-state index contributed by atoms with van der Waals surface area (Å²) in [6, 6.07) is 7.08. The number of nitrogens with one attached hydrogen (secondary N) is 2. The molecule has 3 saturated heterocycles. The van der Waals surface area contributed by atoms with Crippen LogP contribution in [0.1, 0.15) is 58.4 Å². The SMILES string of the molecule is CC(C)c1ccc(NC(=O)[C@H]2[C@H]3C=C[C@@]4(O3)[C@H]2C(=O)N(CCN2CCOCC2)[C@@H]4C(=O)N[C@@H]2CCC[C@H](C)[C@@H]2C)cc1. The van der Waals surface area contributed by atoms with Crippen molar-refractivity contribution >= 4 is 23.4 Å². The van der Waals surface area contributed by atoms with Crippen molar-refractivity contribution in [1.82, 2.24) is 15.1 Å². The van der Waals surface area contributed by atoms with Gasteiger partial charge < -0.3 is 25.0 Å². The largest absolute Gasteiger partial charge is 0.379 e. The molecule has 228 valence electrons. The number of carbonyl (C=O) groups is 3. The Morgan fingerprint density at radius 3 is 2.50 bits per heavy atom. The van der Waals surface area contributed by atoms with Crippen LogP contribution < -0.4 is 10.6 Å². The predicted octanol–water partition coefficient (Wildman–Crippen LogP) is 3.17. The first-order chi connectivity index (χ1) is 20.2. The second-order valence-electron chi connectivity index (χ2n) is 13.3. The summed E-state index contributed by atoms with van der Waals surface area (Å²) in [5, 5.41) is 6.37. The lowest BCUT2D eigenvalue weighted by Gasteiger charge is -2.38. The smallest absolute Gasteiger partial charge is 0.246 e. The summed E-state index contributed by atoms with van der Waals surface area (Å²) in [5.41, 5.74) is 0.731. The van der Waals surface area contributed by atoms with Crippen molar-refractivity contribution in [2.24, 2.45) is 23.7 Å². The van der Waals surface area contributed by atoms with E-state index in [0.717, 1.165) is 32.4 Å². The first-order valence-electron chi connectivity index (χ1n) is 15.9. The Kier molecular flexibility index (Phi) is 8.19. The number of nitrogens with zero attached hydrogens (tertiary/aromatic N) is 2. The van der Waals surface area contributed by atoms with E-state index in [1.807, 2.05) is 36.4 Å². The van der Waals surface area contributed by atoms with Gasteiger partial charge in [-0.2, -0.15) is 0 Å². The second kappa shape index (κ2) is 11.7. The maximum absolute atomic E-state index is 14.3. The van der Waals surface area contributed by atoms with Gasteiger partial charge in [-0.3, -0.25) is 19.3 Å². The van der Waals surface area contributed by atoms with E-state index in [9.17, 15) is 14.4 Å². The van der Waals surface area contributed by atoms with Crippen LogP contribution in [0, 0.1) is 23.7 Å². The molecule has 1 aromatic rings. The number of morpholine rings is 1. The van der Waals surface area contributed by atoms with Crippen molar-refractivity contribution in [1.29, 1.82) is 0 Å². The summed E-state index contributed by atoms with van der Waals surface area (Å²) in [6.45, 7) is 12.7. The molecule has 9 heteroatoms. The number of benzene rings is 1. The van der Waals surface area contributed by atoms with E-state index in [2.05, 4.69) is 43.2 Å². The third-order valence-electron chi connectivity index (χ3n) is 10.6. The van der Waals surface area contributed by atoms with Crippen LogP contribution in [0.2, 0.25) is 0 Å². The summed E-state index contributed by atoms with van der Waals surface area (Å²) >= 11 is 0. The molecule has 1 saturated carbocycles. The Balaban J connectivity index is 1.25. The Bertz CT molecular complexity index is 1210. The van der Waals surface area contributed by atoms with E-state index in [4.69, 9.17) is 9.47 Å². The number of hydrogen-bond donors (Lipinski definition) is 2. The van der Waals surface area contributed by atoms with Gasteiger partial charge in [0.25, 0.3) is 0 Å². The number of ether oxygens (including phenoxy) is 2. The van der Waals surface area contributed by atoms with Gasteiger partial charge in [0.15, 0.2) is 0 Å². The van der Waals surface area contributed by atoms with E-state index in [1.165, 1.54) is 5.56 Å². The summed E-state index contributed by atoms with van der Waals surface area (Å²) in [5.74, 6) is -0.766. The Hall–Kier alpha value is -2.75. The minimum atomic E-state index is -1.15. The van der Waals surface area contributed by atoms with Crippen molar-refractivity contribution in [2.75, 3.05) is 44.7 Å². The molecule has 2 bridgehead atoms. The van der Waals surface area contributed by atoms with Gasteiger partial charge in [-0.15, -0.1) is 0 Å². The van der Waals surface area contributed by atoms with Crippen molar-refractivity contribution in [3.05, 3.63) is 42.0 Å². The van der Waals surface area contributed by atoms with Crippen LogP contribution in [0.4, 0.5) is 5.69 Å². The number of hydrogen-bond acceptors (Lipinski definition) is 6. The first kappa shape index (κ1) is 29.3. The highest BCUT2D eigenvalue weighted by Crippen LogP contribution is 2.55. The van der Waals surface area contributed by atoms with E-state index in [1.54, 1.807) is 4.90 Å². The molecular weight excluding hydrogens is 532 g/mol. The van der Waals surface area contributed by atoms with E-state index in [-0.39, 0.29) is 23.8 Å². The van der Waals surface area contributed by atoms with Gasteiger partial charge >= 0.3 is 0 Å². The molecule has 4 aliphatic heterocycles. The maximum atomic E-state index is 14.3. The lowest BCUT2D eigenvalue weighted by molar-refractivity contribution is -0.142. The molecular formula is C33H46N4O5. The van der Waals surface area contributed by atoms with Crippen LogP contribution in [-0.2, 0) is 23.9 Å². The van der Waals surface area contributed by atoms with Gasteiger partial charge in [-0.1, -0.05) is 64.8 Å². The summed E-state index contributed by atoms with van der Waals surface area (Å²) in [6.07, 6.45) is 6.41. The molecule has 1 aliphatic carbocycles. The fraction of sp³-hybridized carbons (Fsp3) is 0.667. The lowest BCUT2D eigenvalue weighted by Crippen LogP contribution is -2.58. The highest BCUT2D eigenvalue weighted by molar-refractivity contribution is 6.02. The fourth-order valence-corrected chi connectivity index (χ4v) is 7.81. The molecule has 8 atom stereocenters. The van der Waals surface area contributed by atoms with Crippen LogP contribution in [0.15, 0.2) is 36.4 Å². The van der Waals surface area contributed by atoms with Crippen molar-refractivity contribution in [3.63, 3.8) is 0 Å². The lowest BCUT2D eigenvalue weighted by atomic mass is 9.73. The van der Waals surface area contributed by atoms with Crippen LogP contribution in [0.25, 0.3) is 0 Å². The molecule has 3 amide bonds. The van der Waals surface area contributed by atoms with Gasteiger partial charge in [-0.25, -0.2) is 0 Å². The highest BCUT2D eigenvalue weighted by Gasteiger charge is 2.72. The molecule has 4 heterocycles. The average molecular weight is 579 g/mol. The van der Waals surface area contributed by atoms with E-state index >= 15 is 0 Å². The number of amides is 3. The molecule has 4 fully saturated rings. The zero-order chi connectivity index (χ0) is 29.6. The minimum Gasteiger partial charge on any atom is -0.379 e. The van der Waals surface area contributed by atoms with Crippen molar-refractivity contribution < 1.29 is 23.9 Å². The summed E-state index contributed by atoms with van der Waals surface area (Å²) in [7, 11) is 0. The van der Waals surface area contributed by atoms with Gasteiger partial charge in [0.2, 0.25) is 17.7 Å².